The molecule has 0 atom stereocenters. The van der Waals surface area contributed by atoms with Gasteiger partial charge in [0.25, 0.3) is 0 Å². The number of rotatable bonds is 7. The van der Waals surface area contributed by atoms with Crippen molar-refractivity contribution in [1.29, 1.82) is 0 Å². The zero-order valence-corrected chi connectivity index (χ0v) is 13.4. The molecule has 0 fully saturated rings. The van der Waals surface area contributed by atoms with Gasteiger partial charge in [-0.1, -0.05) is 18.7 Å². The van der Waals surface area contributed by atoms with Crippen LogP contribution in [0.4, 0.5) is 11.6 Å². The zero-order valence-electron chi connectivity index (χ0n) is 12.6. The smallest absolute Gasteiger partial charge is 0.191 e. The van der Waals surface area contributed by atoms with Crippen LogP contribution >= 0.6 is 11.8 Å². The first kappa shape index (κ1) is 15.5. The maximum atomic E-state index is 4.45. The third-order valence-corrected chi connectivity index (χ3v) is 3.28. The van der Waals surface area contributed by atoms with Crippen LogP contribution in [0.5, 0.6) is 0 Å². The molecule has 0 aromatic carbocycles. The Balaban J connectivity index is 2.05. The van der Waals surface area contributed by atoms with Gasteiger partial charge in [-0.05, 0) is 19.6 Å². The second-order valence-electron chi connectivity index (χ2n) is 4.55. The van der Waals surface area contributed by atoms with Gasteiger partial charge in [0.05, 0.1) is 24.1 Å². The first-order chi connectivity index (χ1) is 10.2. The van der Waals surface area contributed by atoms with Gasteiger partial charge in [0.1, 0.15) is 11.6 Å². The topological polar surface area (TPSA) is 75.6 Å². The summed E-state index contributed by atoms with van der Waals surface area (Å²) in [4.78, 5) is 17.4. The van der Waals surface area contributed by atoms with Crippen molar-refractivity contribution in [3.63, 3.8) is 0 Å². The monoisotopic (exact) mass is 304 g/mol. The van der Waals surface area contributed by atoms with Crippen molar-refractivity contribution < 1.29 is 0 Å². The van der Waals surface area contributed by atoms with Crippen molar-refractivity contribution in [2.75, 3.05) is 23.4 Å². The van der Waals surface area contributed by atoms with Crippen molar-refractivity contribution in [2.24, 2.45) is 0 Å². The average Bonchev–Trinajstić information content (AvgIpc) is 2.52. The minimum Gasteiger partial charge on any atom is -0.370 e. The largest absolute Gasteiger partial charge is 0.370 e. The fourth-order valence-corrected chi connectivity index (χ4v) is 2.02. The van der Waals surface area contributed by atoms with Crippen LogP contribution in [0.2, 0.25) is 0 Å². The lowest BCUT2D eigenvalue weighted by Gasteiger charge is -2.10. The second-order valence-corrected chi connectivity index (χ2v) is 5.33. The van der Waals surface area contributed by atoms with Crippen LogP contribution in [0.15, 0.2) is 23.6 Å². The van der Waals surface area contributed by atoms with Crippen LogP contribution in [0.3, 0.4) is 0 Å². The van der Waals surface area contributed by atoms with E-state index in [0.29, 0.717) is 6.54 Å². The maximum absolute atomic E-state index is 4.45. The predicted molar refractivity (Wildman–Crippen MR) is 86.7 cm³/mol. The van der Waals surface area contributed by atoms with E-state index in [2.05, 4.69) is 37.5 Å². The van der Waals surface area contributed by atoms with E-state index in [1.807, 2.05) is 19.2 Å². The first-order valence-electron chi connectivity index (χ1n) is 6.89. The molecule has 2 rings (SSSR count). The first-order valence-corrected chi connectivity index (χ1v) is 8.12. The van der Waals surface area contributed by atoms with Crippen LogP contribution in [0, 0.1) is 6.92 Å². The van der Waals surface area contributed by atoms with E-state index in [1.165, 1.54) is 11.8 Å². The Morgan fingerprint density at radius 1 is 1.10 bits per heavy atom. The summed E-state index contributed by atoms with van der Waals surface area (Å²) in [6.45, 7) is 5.53. The highest BCUT2D eigenvalue weighted by Crippen LogP contribution is 2.17. The van der Waals surface area contributed by atoms with Gasteiger partial charge in [0.15, 0.2) is 5.16 Å². The van der Waals surface area contributed by atoms with E-state index in [4.69, 9.17) is 0 Å². The number of nitrogens with one attached hydrogen (secondary N) is 2. The minimum absolute atomic E-state index is 0.589. The molecule has 0 radical (unpaired) electrons. The summed E-state index contributed by atoms with van der Waals surface area (Å²) in [5.41, 5.74) is 1.80. The second kappa shape index (κ2) is 7.78. The fraction of sp³-hybridized carbons (Fsp3) is 0.429. The number of thioether (sulfide) groups is 1. The van der Waals surface area contributed by atoms with Crippen LogP contribution < -0.4 is 10.6 Å². The fourth-order valence-electron chi connectivity index (χ4n) is 1.64. The summed E-state index contributed by atoms with van der Waals surface area (Å²) in [5, 5.41) is 7.29. The molecule has 2 aromatic rings. The highest BCUT2D eigenvalue weighted by Gasteiger charge is 2.04. The molecule has 21 heavy (non-hydrogen) atoms. The number of nitrogens with zero attached hydrogens (tertiary/aromatic N) is 4. The standard InChI is InChI=1S/C14H20N6S/c1-4-5-15-12-6-13(20-14(19-12)21-3)18-9-11-8-16-10(2)7-17-11/h6-8H,4-5,9H2,1-3H3,(H2,15,18,19,20). The number of aryl methyl sites for hydroxylation is 1. The van der Waals surface area contributed by atoms with Crippen LogP contribution in [-0.4, -0.2) is 32.7 Å². The van der Waals surface area contributed by atoms with Crippen LogP contribution in [-0.2, 0) is 6.54 Å². The van der Waals surface area contributed by atoms with E-state index < -0.39 is 0 Å². The summed E-state index contributed by atoms with van der Waals surface area (Å²) in [5.74, 6) is 1.63. The molecule has 0 aliphatic carbocycles. The molecule has 7 heteroatoms. The van der Waals surface area contributed by atoms with Gasteiger partial charge in [-0.25, -0.2) is 9.97 Å². The van der Waals surface area contributed by atoms with Crippen molar-refractivity contribution in [2.45, 2.75) is 32.0 Å². The molecule has 0 unspecified atom stereocenters. The molecule has 0 spiro atoms. The molecule has 0 bridgehead atoms. The molecule has 2 N–H and O–H groups in total. The number of hydrogen-bond donors (Lipinski definition) is 2. The third kappa shape index (κ3) is 4.86. The molecule has 0 saturated carbocycles. The van der Waals surface area contributed by atoms with E-state index >= 15 is 0 Å². The molecule has 2 aromatic heterocycles. The average molecular weight is 304 g/mol. The summed E-state index contributed by atoms with van der Waals surface area (Å²) >= 11 is 1.52. The van der Waals surface area contributed by atoms with Crippen LogP contribution in [0.25, 0.3) is 0 Å². The summed E-state index contributed by atoms with van der Waals surface area (Å²) in [6, 6.07) is 1.91. The van der Waals surface area contributed by atoms with Gasteiger partial charge >= 0.3 is 0 Å². The Bertz CT molecular complexity index is 572. The van der Waals surface area contributed by atoms with Crippen molar-refractivity contribution in [3.8, 4) is 0 Å². The highest BCUT2D eigenvalue weighted by atomic mass is 32.2. The molecule has 0 aliphatic heterocycles. The Morgan fingerprint density at radius 2 is 1.86 bits per heavy atom. The maximum Gasteiger partial charge on any atom is 0.191 e. The Labute approximate surface area is 129 Å². The number of hydrogen-bond acceptors (Lipinski definition) is 7. The van der Waals surface area contributed by atoms with Gasteiger partial charge in [0, 0.05) is 18.8 Å². The number of aromatic nitrogens is 4. The molecule has 0 amide bonds. The van der Waals surface area contributed by atoms with Gasteiger partial charge < -0.3 is 10.6 Å². The molecule has 0 saturated heterocycles. The lowest BCUT2D eigenvalue weighted by molar-refractivity contribution is 0.914. The molecule has 0 aliphatic rings. The Morgan fingerprint density at radius 3 is 2.48 bits per heavy atom. The Hall–Kier alpha value is -1.89. The quantitative estimate of drug-likeness (QED) is 0.601. The van der Waals surface area contributed by atoms with E-state index in [-0.39, 0.29) is 0 Å². The minimum atomic E-state index is 0.589. The highest BCUT2D eigenvalue weighted by molar-refractivity contribution is 7.98. The summed E-state index contributed by atoms with van der Waals surface area (Å²) in [6.07, 6.45) is 6.56. The van der Waals surface area contributed by atoms with Crippen molar-refractivity contribution in [1.82, 2.24) is 19.9 Å². The lowest BCUT2D eigenvalue weighted by atomic mass is 10.4. The van der Waals surface area contributed by atoms with E-state index in [1.54, 1.807) is 12.4 Å². The molecule has 2 heterocycles. The molecular weight excluding hydrogens is 284 g/mol. The normalized spacial score (nSPS) is 10.4. The molecular formula is C14H20N6S. The van der Waals surface area contributed by atoms with E-state index in [0.717, 1.165) is 41.1 Å². The predicted octanol–water partition coefficient (Wildman–Crippen LogP) is 2.73. The van der Waals surface area contributed by atoms with Crippen molar-refractivity contribution in [3.05, 3.63) is 29.8 Å². The van der Waals surface area contributed by atoms with Gasteiger partial charge in [0.2, 0.25) is 0 Å². The van der Waals surface area contributed by atoms with Crippen molar-refractivity contribution >= 4 is 23.4 Å². The zero-order chi connectivity index (χ0) is 15.1. The summed E-state index contributed by atoms with van der Waals surface area (Å²) < 4.78 is 0. The third-order valence-electron chi connectivity index (χ3n) is 2.73. The Kier molecular flexibility index (Phi) is 5.74. The van der Waals surface area contributed by atoms with Crippen LogP contribution in [0.1, 0.15) is 24.7 Å². The van der Waals surface area contributed by atoms with E-state index in [9.17, 15) is 0 Å². The summed E-state index contributed by atoms with van der Waals surface area (Å²) in [7, 11) is 0. The molecule has 112 valence electrons. The van der Waals surface area contributed by atoms with Gasteiger partial charge in [-0.2, -0.15) is 0 Å². The SMILES string of the molecule is CCCNc1cc(NCc2cnc(C)cn2)nc(SC)n1. The van der Waals surface area contributed by atoms with Gasteiger partial charge in [-0.15, -0.1) is 0 Å². The van der Waals surface area contributed by atoms with Gasteiger partial charge in [-0.3, -0.25) is 9.97 Å². The number of anilines is 2. The molecule has 6 nitrogen and oxygen atoms in total. The lowest BCUT2D eigenvalue weighted by Crippen LogP contribution is -2.08.